The molecule has 1 aromatic heterocycles. The van der Waals surface area contributed by atoms with Gasteiger partial charge in [0.2, 0.25) is 17.6 Å². The van der Waals surface area contributed by atoms with Gasteiger partial charge >= 0.3 is 0 Å². The highest BCUT2D eigenvalue weighted by molar-refractivity contribution is 5.79. The summed E-state index contributed by atoms with van der Waals surface area (Å²) >= 11 is 0. The van der Waals surface area contributed by atoms with E-state index in [1.54, 1.807) is 7.11 Å². The number of likely N-dealkylation sites (tertiary alicyclic amines) is 1. The quantitative estimate of drug-likeness (QED) is 0.585. The Morgan fingerprint density at radius 3 is 2.79 bits per heavy atom. The molecule has 2 aromatic carbocycles. The number of amides is 1. The third kappa shape index (κ3) is 4.85. The van der Waals surface area contributed by atoms with E-state index >= 15 is 0 Å². The minimum absolute atomic E-state index is 0.0464. The summed E-state index contributed by atoms with van der Waals surface area (Å²) in [6, 6.07) is 14.3. The first-order chi connectivity index (χ1) is 16.6. The van der Waals surface area contributed by atoms with Gasteiger partial charge in [0.15, 0.2) is 0 Å². The predicted octanol–water partition coefficient (Wildman–Crippen LogP) is 4.46. The largest absolute Gasteiger partial charge is 0.497 e. The molecule has 2 aliphatic rings. The van der Waals surface area contributed by atoms with Crippen molar-refractivity contribution in [3.8, 4) is 17.1 Å². The number of fused-ring (bicyclic) bond motifs is 1. The Labute approximate surface area is 200 Å². The Morgan fingerprint density at radius 1 is 1.18 bits per heavy atom. The van der Waals surface area contributed by atoms with Gasteiger partial charge < -0.3 is 14.6 Å². The Balaban J connectivity index is 1.14. The average molecular weight is 461 g/mol. The smallest absolute Gasteiger partial charge is 0.241 e. The summed E-state index contributed by atoms with van der Waals surface area (Å²) in [6.07, 6.45) is 4.79. The van der Waals surface area contributed by atoms with Crippen LogP contribution in [0.3, 0.4) is 0 Å². The number of piperidine rings is 1. The van der Waals surface area contributed by atoms with Crippen molar-refractivity contribution in [1.29, 1.82) is 0 Å². The van der Waals surface area contributed by atoms with Crippen molar-refractivity contribution in [2.75, 3.05) is 20.2 Å². The van der Waals surface area contributed by atoms with Gasteiger partial charge in [0.05, 0.1) is 19.7 Å². The molecule has 1 N–H and O–H groups in total. The number of carbonyl (C=O) groups is 1. The van der Waals surface area contributed by atoms with Crippen LogP contribution in [0.1, 0.15) is 54.3 Å². The second-order valence-corrected chi connectivity index (χ2v) is 9.40. The number of methoxy groups -OCH3 is 1. The summed E-state index contributed by atoms with van der Waals surface area (Å²) in [6.45, 7) is 4.35. The van der Waals surface area contributed by atoms with E-state index < -0.39 is 0 Å². The second kappa shape index (κ2) is 9.97. The fourth-order valence-electron chi connectivity index (χ4n) is 5.15. The number of benzene rings is 2. The fraction of sp³-hybridized carbons (Fsp3) is 0.444. The average Bonchev–Trinajstić information content (AvgIpc) is 3.32. The molecule has 178 valence electrons. The maximum atomic E-state index is 13.1. The molecule has 7 nitrogen and oxygen atoms in total. The third-order valence-corrected chi connectivity index (χ3v) is 7.15. The normalized spacial score (nSPS) is 18.9. The molecular weight excluding hydrogens is 428 g/mol. The SMILES string of the molecule is COc1ccc2c(c1)CCCC2NC(=O)C1CCN(Cc2nc(-c3ccccc3C)no2)CC1. The monoisotopic (exact) mass is 460 g/mol. The fourth-order valence-corrected chi connectivity index (χ4v) is 5.15. The van der Waals surface area contributed by atoms with Crippen molar-refractivity contribution in [1.82, 2.24) is 20.4 Å². The molecule has 1 atom stereocenters. The molecule has 1 aliphatic heterocycles. The molecule has 34 heavy (non-hydrogen) atoms. The van der Waals surface area contributed by atoms with Crippen LogP contribution in [0.5, 0.6) is 5.75 Å². The molecule has 1 saturated heterocycles. The second-order valence-electron chi connectivity index (χ2n) is 9.40. The lowest BCUT2D eigenvalue weighted by molar-refractivity contribution is -0.127. The van der Waals surface area contributed by atoms with E-state index in [1.807, 2.05) is 37.3 Å². The van der Waals surface area contributed by atoms with Gasteiger partial charge in [-0.15, -0.1) is 0 Å². The maximum Gasteiger partial charge on any atom is 0.241 e. The van der Waals surface area contributed by atoms with Gasteiger partial charge in [-0.2, -0.15) is 4.98 Å². The Morgan fingerprint density at radius 2 is 2.00 bits per heavy atom. The van der Waals surface area contributed by atoms with E-state index in [1.165, 1.54) is 11.1 Å². The molecule has 1 unspecified atom stereocenters. The van der Waals surface area contributed by atoms with Crippen LogP contribution in [0.4, 0.5) is 0 Å². The van der Waals surface area contributed by atoms with Crippen molar-refractivity contribution < 1.29 is 14.1 Å². The highest BCUT2D eigenvalue weighted by Gasteiger charge is 2.29. The van der Waals surface area contributed by atoms with Crippen molar-refractivity contribution in [2.45, 2.75) is 51.6 Å². The van der Waals surface area contributed by atoms with Crippen molar-refractivity contribution >= 4 is 5.91 Å². The number of hydrogen-bond acceptors (Lipinski definition) is 6. The van der Waals surface area contributed by atoms with Crippen LogP contribution in [0.25, 0.3) is 11.4 Å². The molecule has 0 radical (unpaired) electrons. The van der Waals surface area contributed by atoms with Crippen LogP contribution in [0.2, 0.25) is 0 Å². The zero-order chi connectivity index (χ0) is 23.5. The highest BCUT2D eigenvalue weighted by Crippen LogP contribution is 2.33. The van der Waals surface area contributed by atoms with Crippen LogP contribution in [-0.2, 0) is 17.8 Å². The number of carbonyl (C=O) groups excluding carboxylic acids is 1. The zero-order valence-electron chi connectivity index (χ0n) is 19.9. The van der Waals surface area contributed by atoms with Gasteiger partial charge in [-0.1, -0.05) is 35.5 Å². The molecule has 7 heteroatoms. The van der Waals surface area contributed by atoms with Gasteiger partial charge in [0.25, 0.3) is 0 Å². The molecule has 3 aromatic rings. The molecular formula is C27H32N4O3. The van der Waals surface area contributed by atoms with E-state index in [4.69, 9.17) is 9.26 Å². The number of rotatable bonds is 6. The summed E-state index contributed by atoms with van der Waals surface area (Å²) in [7, 11) is 1.69. The first kappa shape index (κ1) is 22.6. The van der Waals surface area contributed by atoms with Gasteiger partial charge in [-0.25, -0.2) is 0 Å². The Hall–Kier alpha value is -3.19. The minimum Gasteiger partial charge on any atom is -0.497 e. The van der Waals surface area contributed by atoms with Crippen molar-refractivity contribution in [3.05, 3.63) is 65.0 Å². The molecule has 1 fully saturated rings. The van der Waals surface area contributed by atoms with Crippen LogP contribution in [0.15, 0.2) is 47.0 Å². The summed E-state index contributed by atoms with van der Waals surface area (Å²) in [5.74, 6) is 2.35. The number of nitrogens with zero attached hydrogens (tertiary/aromatic N) is 3. The summed E-state index contributed by atoms with van der Waals surface area (Å²) in [5, 5.41) is 7.50. The topological polar surface area (TPSA) is 80.5 Å². The third-order valence-electron chi connectivity index (χ3n) is 7.15. The molecule has 1 aliphatic carbocycles. The lowest BCUT2D eigenvalue weighted by atomic mass is 9.86. The van der Waals surface area contributed by atoms with Crippen LogP contribution in [-0.4, -0.2) is 41.1 Å². The molecule has 2 heterocycles. The first-order valence-electron chi connectivity index (χ1n) is 12.2. The molecule has 5 rings (SSSR count). The Bertz CT molecular complexity index is 1150. The van der Waals surface area contributed by atoms with Crippen molar-refractivity contribution in [2.24, 2.45) is 5.92 Å². The van der Waals surface area contributed by atoms with Gasteiger partial charge in [-0.3, -0.25) is 9.69 Å². The van der Waals surface area contributed by atoms with E-state index in [9.17, 15) is 4.79 Å². The lowest BCUT2D eigenvalue weighted by Crippen LogP contribution is -2.41. The minimum atomic E-state index is 0.0464. The summed E-state index contributed by atoms with van der Waals surface area (Å²) in [5.41, 5.74) is 4.64. The predicted molar refractivity (Wildman–Crippen MR) is 129 cm³/mol. The number of aryl methyl sites for hydroxylation is 2. The Kier molecular flexibility index (Phi) is 6.63. The number of aromatic nitrogens is 2. The zero-order valence-corrected chi connectivity index (χ0v) is 19.9. The molecule has 0 saturated carbocycles. The maximum absolute atomic E-state index is 13.1. The van der Waals surface area contributed by atoms with Crippen LogP contribution < -0.4 is 10.1 Å². The van der Waals surface area contributed by atoms with Crippen LogP contribution in [0, 0.1) is 12.8 Å². The summed E-state index contributed by atoms with van der Waals surface area (Å²) < 4.78 is 10.9. The van der Waals surface area contributed by atoms with Crippen LogP contribution >= 0.6 is 0 Å². The van der Waals surface area contributed by atoms with E-state index in [-0.39, 0.29) is 17.9 Å². The molecule has 0 spiro atoms. The van der Waals surface area contributed by atoms with Gasteiger partial charge in [0, 0.05) is 11.5 Å². The number of ether oxygens (including phenoxy) is 1. The van der Waals surface area contributed by atoms with Gasteiger partial charge in [0.1, 0.15) is 5.75 Å². The number of hydrogen-bond donors (Lipinski definition) is 1. The summed E-state index contributed by atoms with van der Waals surface area (Å²) in [4.78, 5) is 19.9. The van der Waals surface area contributed by atoms with E-state index in [0.717, 1.165) is 62.1 Å². The first-order valence-corrected chi connectivity index (χ1v) is 12.2. The van der Waals surface area contributed by atoms with E-state index in [0.29, 0.717) is 18.3 Å². The highest BCUT2D eigenvalue weighted by atomic mass is 16.5. The van der Waals surface area contributed by atoms with Gasteiger partial charge in [-0.05, 0) is 80.9 Å². The lowest BCUT2D eigenvalue weighted by Gasteiger charge is -2.32. The molecule has 1 amide bonds. The van der Waals surface area contributed by atoms with Crippen molar-refractivity contribution in [3.63, 3.8) is 0 Å². The molecule has 0 bridgehead atoms. The number of nitrogens with one attached hydrogen (secondary N) is 1. The van der Waals surface area contributed by atoms with E-state index in [2.05, 4.69) is 32.5 Å². The standard InChI is InChI=1S/C27H32N4O3/c1-18-6-3-4-8-22(18)26-29-25(34-30-26)17-31-14-12-19(13-15-31)27(32)28-24-9-5-7-20-16-21(33-2)10-11-23(20)24/h3-4,6,8,10-11,16,19,24H,5,7,9,12-15,17H2,1-2H3,(H,28,32).